The maximum atomic E-state index is 11.8. The Labute approximate surface area is 159 Å². The van der Waals surface area contributed by atoms with E-state index in [1.165, 1.54) is 18.5 Å². The van der Waals surface area contributed by atoms with Crippen LogP contribution in [0.2, 0.25) is 0 Å². The lowest BCUT2D eigenvalue weighted by Gasteiger charge is -2.33. The lowest BCUT2D eigenvalue weighted by Crippen LogP contribution is -2.30. The van der Waals surface area contributed by atoms with Crippen LogP contribution in [-0.2, 0) is 4.74 Å². The molecule has 0 amide bonds. The molecule has 0 atom stereocenters. The van der Waals surface area contributed by atoms with E-state index in [1.807, 2.05) is 36.4 Å². The highest BCUT2D eigenvalue weighted by molar-refractivity contribution is 5.89. The Bertz CT molecular complexity index is 847. The second-order valence-corrected chi connectivity index (χ2v) is 6.55. The monoisotopic (exact) mass is 358 g/mol. The number of hydrogen-bond donors (Lipinski definition) is 0. The number of carbonyl (C=O) groups excluding carboxylic acids is 1. The number of anilines is 2. The van der Waals surface area contributed by atoms with Crippen molar-refractivity contribution in [1.29, 1.82) is 0 Å². The summed E-state index contributed by atoms with van der Waals surface area (Å²) >= 11 is 0. The lowest BCUT2D eigenvalue weighted by molar-refractivity contribution is 0.0600. The maximum absolute atomic E-state index is 11.8. The van der Waals surface area contributed by atoms with Crippen molar-refractivity contribution in [2.75, 3.05) is 30.0 Å². The van der Waals surface area contributed by atoms with Gasteiger partial charge in [-0.05, 0) is 42.0 Å². The van der Waals surface area contributed by atoms with Crippen LogP contribution >= 0.6 is 0 Å². The SMILES string of the molecule is COC(=O)c1ccc(C2N(c3ccccc3)CCN2c2ccccc2)cc1. The van der Waals surface area contributed by atoms with Crippen LogP contribution in [0.15, 0.2) is 84.9 Å². The van der Waals surface area contributed by atoms with Crippen molar-refractivity contribution in [3.05, 3.63) is 96.1 Å². The first-order chi connectivity index (χ1) is 13.3. The van der Waals surface area contributed by atoms with Crippen LogP contribution in [0.25, 0.3) is 0 Å². The topological polar surface area (TPSA) is 32.8 Å². The van der Waals surface area contributed by atoms with E-state index in [0.29, 0.717) is 5.56 Å². The smallest absolute Gasteiger partial charge is 0.337 e. The minimum Gasteiger partial charge on any atom is -0.465 e. The molecule has 0 N–H and O–H groups in total. The summed E-state index contributed by atoms with van der Waals surface area (Å²) in [7, 11) is 1.40. The van der Waals surface area contributed by atoms with E-state index >= 15 is 0 Å². The first-order valence-corrected chi connectivity index (χ1v) is 9.09. The van der Waals surface area contributed by atoms with Crippen LogP contribution in [0, 0.1) is 0 Å². The van der Waals surface area contributed by atoms with Crippen LogP contribution in [0.4, 0.5) is 11.4 Å². The van der Waals surface area contributed by atoms with Crippen molar-refractivity contribution in [3.8, 4) is 0 Å². The molecule has 4 heteroatoms. The number of carbonyl (C=O) groups is 1. The predicted molar refractivity (Wildman–Crippen MR) is 108 cm³/mol. The third kappa shape index (κ3) is 3.38. The number of rotatable bonds is 4. The maximum Gasteiger partial charge on any atom is 0.337 e. The van der Waals surface area contributed by atoms with E-state index in [9.17, 15) is 4.79 Å². The quantitative estimate of drug-likeness (QED) is 0.643. The molecule has 0 unspecified atom stereocenters. The molecular weight excluding hydrogens is 336 g/mol. The fourth-order valence-corrected chi connectivity index (χ4v) is 3.68. The van der Waals surface area contributed by atoms with Crippen molar-refractivity contribution in [2.24, 2.45) is 0 Å². The van der Waals surface area contributed by atoms with Crippen LogP contribution in [0.5, 0.6) is 0 Å². The van der Waals surface area contributed by atoms with E-state index in [2.05, 4.69) is 58.3 Å². The number of benzene rings is 3. The standard InChI is InChI=1S/C23H22N2O2/c1-27-23(26)19-14-12-18(13-15-19)22-24(20-8-4-2-5-9-20)16-17-25(22)21-10-6-3-7-11-21/h2-15,22H,16-17H2,1H3. The van der Waals surface area contributed by atoms with Gasteiger partial charge in [0.25, 0.3) is 0 Å². The molecule has 0 spiro atoms. The minimum absolute atomic E-state index is 0.0708. The molecule has 0 radical (unpaired) electrons. The Kier molecular flexibility index (Phi) is 4.79. The fraction of sp³-hybridized carbons (Fsp3) is 0.174. The van der Waals surface area contributed by atoms with Crippen molar-refractivity contribution in [3.63, 3.8) is 0 Å². The average molecular weight is 358 g/mol. The Balaban J connectivity index is 1.73. The Hall–Kier alpha value is -3.27. The highest BCUT2D eigenvalue weighted by Gasteiger charge is 2.33. The highest BCUT2D eigenvalue weighted by Crippen LogP contribution is 2.37. The number of para-hydroxylation sites is 2. The van der Waals surface area contributed by atoms with E-state index in [0.717, 1.165) is 18.7 Å². The van der Waals surface area contributed by atoms with Gasteiger partial charge in [0.15, 0.2) is 0 Å². The molecule has 1 fully saturated rings. The van der Waals surface area contributed by atoms with Gasteiger partial charge in [0.05, 0.1) is 12.7 Å². The summed E-state index contributed by atoms with van der Waals surface area (Å²) in [6, 6.07) is 28.6. The summed E-state index contributed by atoms with van der Waals surface area (Å²) in [6.45, 7) is 1.87. The third-order valence-corrected chi connectivity index (χ3v) is 4.98. The van der Waals surface area contributed by atoms with Crippen molar-refractivity contribution in [2.45, 2.75) is 6.17 Å². The van der Waals surface area contributed by atoms with Crippen molar-refractivity contribution in [1.82, 2.24) is 0 Å². The van der Waals surface area contributed by atoms with Gasteiger partial charge in [-0.15, -0.1) is 0 Å². The van der Waals surface area contributed by atoms with Gasteiger partial charge >= 0.3 is 5.97 Å². The molecular formula is C23H22N2O2. The molecule has 1 aliphatic rings. The summed E-state index contributed by atoms with van der Waals surface area (Å²) in [5.74, 6) is -0.312. The van der Waals surface area contributed by atoms with E-state index < -0.39 is 0 Å². The van der Waals surface area contributed by atoms with Gasteiger partial charge in [0.2, 0.25) is 0 Å². The van der Waals surface area contributed by atoms with Gasteiger partial charge in [-0.1, -0.05) is 48.5 Å². The van der Waals surface area contributed by atoms with Crippen molar-refractivity contribution >= 4 is 17.3 Å². The molecule has 0 aliphatic carbocycles. The van der Waals surface area contributed by atoms with Crippen molar-refractivity contribution < 1.29 is 9.53 Å². The largest absolute Gasteiger partial charge is 0.465 e. The molecule has 3 aromatic rings. The Morgan fingerprint density at radius 1 is 0.778 bits per heavy atom. The molecule has 1 aliphatic heterocycles. The average Bonchev–Trinajstić information content (AvgIpc) is 3.20. The van der Waals surface area contributed by atoms with Crippen LogP contribution in [0.3, 0.4) is 0 Å². The number of esters is 1. The second-order valence-electron chi connectivity index (χ2n) is 6.55. The highest BCUT2D eigenvalue weighted by atomic mass is 16.5. The molecule has 27 heavy (non-hydrogen) atoms. The summed E-state index contributed by atoms with van der Waals surface area (Å²) < 4.78 is 4.82. The summed E-state index contributed by atoms with van der Waals surface area (Å²) in [5.41, 5.74) is 4.10. The molecule has 1 saturated heterocycles. The number of ether oxygens (including phenoxy) is 1. The Morgan fingerprint density at radius 2 is 1.26 bits per heavy atom. The van der Waals surface area contributed by atoms with E-state index in [-0.39, 0.29) is 12.1 Å². The van der Waals surface area contributed by atoms with Gasteiger partial charge in [-0.25, -0.2) is 4.79 Å². The zero-order valence-corrected chi connectivity index (χ0v) is 15.3. The predicted octanol–water partition coefficient (Wildman–Crippen LogP) is 4.50. The van der Waals surface area contributed by atoms with Crippen LogP contribution in [0.1, 0.15) is 22.1 Å². The molecule has 4 rings (SSSR count). The second kappa shape index (κ2) is 7.54. The molecule has 1 heterocycles. The van der Waals surface area contributed by atoms with Gasteiger partial charge < -0.3 is 14.5 Å². The summed E-state index contributed by atoms with van der Waals surface area (Å²) in [6.07, 6.45) is 0.0708. The normalized spacial score (nSPS) is 14.4. The number of nitrogens with zero attached hydrogens (tertiary/aromatic N) is 2. The van der Waals surface area contributed by atoms with E-state index in [1.54, 1.807) is 0 Å². The van der Waals surface area contributed by atoms with Gasteiger partial charge in [0, 0.05) is 24.5 Å². The number of hydrogen-bond acceptors (Lipinski definition) is 4. The third-order valence-electron chi connectivity index (χ3n) is 4.98. The molecule has 136 valence electrons. The zero-order chi connectivity index (χ0) is 18.6. The molecule has 0 bridgehead atoms. The van der Waals surface area contributed by atoms with Crippen LogP contribution < -0.4 is 9.80 Å². The molecule has 3 aromatic carbocycles. The number of methoxy groups -OCH3 is 1. The van der Waals surface area contributed by atoms with E-state index in [4.69, 9.17) is 4.74 Å². The lowest BCUT2D eigenvalue weighted by atomic mass is 10.1. The first-order valence-electron chi connectivity index (χ1n) is 9.09. The molecule has 4 nitrogen and oxygen atoms in total. The minimum atomic E-state index is -0.312. The summed E-state index contributed by atoms with van der Waals surface area (Å²) in [4.78, 5) is 16.6. The van der Waals surface area contributed by atoms with Gasteiger partial charge in [-0.2, -0.15) is 0 Å². The van der Waals surface area contributed by atoms with Crippen LogP contribution in [-0.4, -0.2) is 26.2 Å². The Morgan fingerprint density at radius 3 is 1.70 bits per heavy atom. The molecule has 0 aromatic heterocycles. The first kappa shape index (κ1) is 17.2. The van der Waals surface area contributed by atoms with Gasteiger partial charge in [0.1, 0.15) is 6.17 Å². The van der Waals surface area contributed by atoms with Gasteiger partial charge in [-0.3, -0.25) is 0 Å². The zero-order valence-electron chi connectivity index (χ0n) is 15.3. The molecule has 0 saturated carbocycles. The summed E-state index contributed by atoms with van der Waals surface area (Å²) in [5, 5.41) is 0. The fourth-order valence-electron chi connectivity index (χ4n) is 3.68.